The molecule has 3 aliphatic heterocycles. The van der Waals surface area contributed by atoms with Gasteiger partial charge < -0.3 is 14.2 Å². The molecule has 138 valence electrons. The molecule has 4 aliphatic rings. The van der Waals surface area contributed by atoms with Crippen molar-refractivity contribution in [3.05, 3.63) is 53.1 Å². The first-order valence-electron chi connectivity index (χ1n) is 8.79. The Morgan fingerprint density at radius 1 is 1.12 bits per heavy atom. The van der Waals surface area contributed by atoms with Crippen molar-refractivity contribution in [3.63, 3.8) is 0 Å². The molecule has 3 heterocycles. The van der Waals surface area contributed by atoms with Crippen molar-refractivity contribution in [3.8, 4) is 0 Å². The second-order valence-electron chi connectivity index (χ2n) is 7.40. The molecule has 1 aliphatic carbocycles. The summed E-state index contributed by atoms with van der Waals surface area (Å²) in [5.41, 5.74) is 2.43. The molecule has 26 heavy (non-hydrogen) atoms. The fourth-order valence-corrected chi connectivity index (χ4v) is 5.55. The van der Waals surface area contributed by atoms with Crippen LogP contribution in [0.2, 0.25) is 0 Å². The van der Waals surface area contributed by atoms with Crippen molar-refractivity contribution in [2.45, 2.75) is 36.2 Å². The summed E-state index contributed by atoms with van der Waals surface area (Å²) in [5, 5.41) is 0. The third-order valence-electron chi connectivity index (χ3n) is 5.81. The van der Waals surface area contributed by atoms with Crippen molar-refractivity contribution < 1.29 is 22.6 Å². The zero-order valence-electron chi connectivity index (χ0n) is 14.8. The lowest BCUT2D eigenvalue weighted by Gasteiger charge is -2.29. The summed E-state index contributed by atoms with van der Waals surface area (Å²) >= 11 is 0. The van der Waals surface area contributed by atoms with Gasteiger partial charge in [0.2, 0.25) is 15.8 Å². The van der Waals surface area contributed by atoms with Gasteiger partial charge >= 0.3 is 0 Å². The van der Waals surface area contributed by atoms with Gasteiger partial charge in [-0.2, -0.15) is 4.31 Å². The number of rotatable bonds is 3. The Morgan fingerprint density at radius 2 is 1.81 bits per heavy atom. The van der Waals surface area contributed by atoms with Crippen LogP contribution in [-0.4, -0.2) is 56.5 Å². The Kier molecular flexibility index (Phi) is 3.37. The van der Waals surface area contributed by atoms with Crippen LogP contribution in [0.25, 0.3) is 0 Å². The van der Waals surface area contributed by atoms with Gasteiger partial charge in [0.05, 0.1) is 18.1 Å². The molecule has 6 nitrogen and oxygen atoms in total. The predicted molar refractivity (Wildman–Crippen MR) is 94.0 cm³/mol. The average Bonchev–Trinajstić information content (AvgIpc) is 2.99. The Hall–Kier alpha value is -1.51. The van der Waals surface area contributed by atoms with Gasteiger partial charge in [0, 0.05) is 13.1 Å². The minimum atomic E-state index is -3.53. The molecular formula is C19H21NO5S. The molecule has 0 spiro atoms. The summed E-state index contributed by atoms with van der Waals surface area (Å²) in [6.07, 6.45) is 3.77. The van der Waals surface area contributed by atoms with Crippen LogP contribution >= 0.6 is 0 Å². The maximum absolute atomic E-state index is 13.0. The van der Waals surface area contributed by atoms with Crippen LogP contribution < -0.4 is 0 Å². The van der Waals surface area contributed by atoms with E-state index < -0.39 is 21.4 Å². The average molecular weight is 375 g/mol. The molecule has 7 heteroatoms. The van der Waals surface area contributed by atoms with Crippen LogP contribution in [0.1, 0.15) is 12.5 Å². The Balaban J connectivity index is 1.40. The van der Waals surface area contributed by atoms with Gasteiger partial charge in [0.1, 0.15) is 6.10 Å². The first-order chi connectivity index (χ1) is 12.4. The van der Waals surface area contributed by atoms with E-state index in [1.165, 1.54) is 4.31 Å². The number of nitrogens with zero attached hydrogens (tertiary/aromatic N) is 1. The molecule has 2 saturated heterocycles. The van der Waals surface area contributed by atoms with Crippen LogP contribution in [0.4, 0.5) is 0 Å². The van der Waals surface area contributed by atoms with Gasteiger partial charge in [-0.25, -0.2) is 8.42 Å². The SMILES string of the molecule is Cc1ccc(S(=O)(=O)N2CC3=C(C2)C2OC2(C2(C)OCCO2)C=C3)cc1. The summed E-state index contributed by atoms with van der Waals surface area (Å²) in [6.45, 7) is 5.64. The van der Waals surface area contributed by atoms with E-state index in [4.69, 9.17) is 14.2 Å². The zero-order valence-corrected chi connectivity index (χ0v) is 15.6. The monoisotopic (exact) mass is 375 g/mol. The summed E-state index contributed by atoms with van der Waals surface area (Å²) in [6, 6.07) is 6.97. The number of aryl methyl sites for hydroxylation is 1. The van der Waals surface area contributed by atoms with E-state index in [1.54, 1.807) is 12.1 Å². The van der Waals surface area contributed by atoms with Crippen LogP contribution in [0.3, 0.4) is 0 Å². The lowest BCUT2D eigenvalue weighted by molar-refractivity contribution is -0.177. The predicted octanol–water partition coefficient (Wildman–Crippen LogP) is 1.77. The van der Waals surface area contributed by atoms with Crippen molar-refractivity contribution in [1.29, 1.82) is 0 Å². The van der Waals surface area contributed by atoms with Gasteiger partial charge in [-0.15, -0.1) is 0 Å². The second kappa shape index (κ2) is 5.27. The fraction of sp³-hybridized carbons (Fsp3) is 0.474. The van der Waals surface area contributed by atoms with E-state index in [0.29, 0.717) is 31.2 Å². The molecule has 1 aromatic carbocycles. The van der Waals surface area contributed by atoms with E-state index in [2.05, 4.69) is 0 Å². The highest BCUT2D eigenvalue weighted by atomic mass is 32.2. The number of fused-ring (bicyclic) bond motifs is 2. The van der Waals surface area contributed by atoms with E-state index in [1.807, 2.05) is 38.1 Å². The fourth-order valence-electron chi connectivity index (χ4n) is 4.16. The van der Waals surface area contributed by atoms with Crippen molar-refractivity contribution >= 4 is 10.0 Å². The molecule has 2 unspecified atom stereocenters. The molecular weight excluding hydrogens is 354 g/mol. The van der Waals surface area contributed by atoms with Gasteiger partial charge in [-0.05, 0) is 43.2 Å². The standard InChI is InChI=1S/C19H21NO5S/c1-13-3-5-15(6-4-13)26(21,22)20-11-14-7-8-19(17(25-19)16(14)12-20)18(2)23-9-10-24-18/h3-8,17H,9-12H2,1-2H3. The minimum Gasteiger partial charge on any atom is -0.351 e. The maximum Gasteiger partial charge on any atom is 0.243 e. The molecule has 0 amide bonds. The van der Waals surface area contributed by atoms with E-state index in [0.717, 1.165) is 16.7 Å². The third kappa shape index (κ3) is 2.15. The van der Waals surface area contributed by atoms with E-state index in [-0.39, 0.29) is 6.10 Å². The third-order valence-corrected chi connectivity index (χ3v) is 7.61. The lowest BCUT2D eigenvalue weighted by atomic mass is 9.86. The van der Waals surface area contributed by atoms with Crippen LogP contribution in [0.5, 0.6) is 0 Å². The van der Waals surface area contributed by atoms with Gasteiger partial charge in [0.25, 0.3) is 0 Å². The largest absolute Gasteiger partial charge is 0.351 e. The first-order valence-corrected chi connectivity index (χ1v) is 10.2. The van der Waals surface area contributed by atoms with Crippen molar-refractivity contribution in [2.75, 3.05) is 26.3 Å². The number of ether oxygens (including phenoxy) is 3. The maximum atomic E-state index is 13.0. The molecule has 0 aromatic heterocycles. The molecule has 0 radical (unpaired) electrons. The molecule has 0 N–H and O–H groups in total. The number of hydrogen-bond acceptors (Lipinski definition) is 5. The first kappa shape index (κ1) is 16.6. The zero-order chi connectivity index (χ0) is 18.2. The van der Waals surface area contributed by atoms with Crippen molar-refractivity contribution in [2.24, 2.45) is 0 Å². The quantitative estimate of drug-likeness (QED) is 0.753. The van der Waals surface area contributed by atoms with Crippen LogP contribution in [-0.2, 0) is 24.2 Å². The van der Waals surface area contributed by atoms with E-state index >= 15 is 0 Å². The Morgan fingerprint density at radius 3 is 2.50 bits per heavy atom. The number of hydrogen-bond donors (Lipinski definition) is 0. The lowest BCUT2D eigenvalue weighted by Crippen LogP contribution is -2.45. The van der Waals surface area contributed by atoms with Crippen LogP contribution in [0, 0.1) is 6.92 Å². The Bertz CT molecular complexity index is 927. The number of epoxide rings is 1. The highest BCUT2D eigenvalue weighted by Gasteiger charge is 2.71. The summed E-state index contributed by atoms with van der Waals surface area (Å²) in [5.74, 6) is -0.810. The smallest absolute Gasteiger partial charge is 0.243 e. The highest BCUT2D eigenvalue weighted by molar-refractivity contribution is 7.89. The second-order valence-corrected chi connectivity index (χ2v) is 9.34. The summed E-state index contributed by atoms with van der Waals surface area (Å²) in [7, 11) is -3.53. The molecule has 2 atom stereocenters. The number of benzene rings is 1. The normalized spacial score (nSPS) is 32.6. The van der Waals surface area contributed by atoms with E-state index in [9.17, 15) is 8.42 Å². The molecule has 2 fully saturated rings. The highest BCUT2D eigenvalue weighted by Crippen LogP contribution is 2.57. The molecule has 0 bridgehead atoms. The molecule has 1 aromatic rings. The minimum absolute atomic E-state index is 0.177. The van der Waals surface area contributed by atoms with Gasteiger partial charge in [-0.1, -0.05) is 23.8 Å². The molecule has 0 saturated carbocycles. The number of sulfonamides is 1. The topological polar surface area (TPSA) is 68.4 Å². The Labute approximate surface area is 153 Å². The van der Waals surface area contributed by atoms with Gasteiger partial charge in [0.15, 0.2) is 5.60 Å². The van der Waals surface area contributed by atoms with Crippen LogP contribution in [0.15, 0.2) is 52.5 Å². The molecule has 5 rings (SSSR count). The summed E-state index contributed by atoms with van der Waals surface area (Å²) < 4.78 is 45.1. The van der Waals surface area contributed by atoms with Crippen molar-refractivity contribution in [1.82, 2.24) is 4.31 Å². The van der Waals surface area contributed by atoms with Gasteiger partial charge in [-0.3, -0.25) is 0 Å². The summed E-state index contributed by atoms with van der Waals surface area (Å²) in [4.78, 5) is 0.323.